The van der Waals surface area contributed by atoms with Gasteiger partial charge >= 0.3 is 0 Å². The Hall–Kier alpha value is -1.44. The van der Waals surface area contributed by atoms with Crippen molar-refractivity contribution in [2.24, 2.45) is 0 Å². The molecule has 0 bridgehead atoms. The first-order chi connectivity index (χ1) is 8.07. The molecule has 0 saturated carbocycles. The van der Waals surface area contributed by atoms with Crippen molar-refractivity contribution in [3.8, 4) is 0 Å². The monoisotopic (exact) mass is 257 g/mol. The molecule has 0 amide bonds. The highest BCUT2D eigenvalue weighted by Gasteiger charge is 2.26. The summed E-state index contributed by atoms with van der Waals surface area (Å²) in [5, 5.41) is 14.9. The van der Waals surface area contributed by atoms with Gasteiger partial charge in [0.25, 0.3) is 10.0 Å². The standard InChI is InChI=1S/C10H15N3O3S/c1-3-5-13(6-4-2)17(15,16)10-9(8-14)7-11-12-10/h3-4,7,14H,1-2,5-6,8H2,(H,11,12). The lowest BCUT2D eigenvalue weighted by atomic mass is 10.4. The summed E-state index contributed by atoms with van der Waals surface area (Å²) in [4.78, 5) is 0. The average Bonchev–Trinajstić information content (AvgIpc) is 2.77. The summed E-state index contributed by atoms with van der Waals surface area (Å²) < 4.78 is 25.6. The van der Waals surface area contributed by atoms with Gasteiger partial charge in [0.1, 0.15) is 0 Å². The summed E-state index contributed by atoms with van der Waals surface area (Å²) in [6.45, 7) is 6.95. The van der Waals surface area contributed by atoms with E-state index in [1.165, 1.54) is 22.7 Å². The van der Waals surface area contributed by atoms with E-state index in [1.807, 2.05) is 0 Å². The molecule has 7 heteroatoms. The van der Waals surface area contributed by atoms with E-state index in [2.05, 4.69) is 23.4 Å². The molecule has 0 aliphatic rings. The average molecular weight is 257 g/mol. The third-order valence-corrected chi connectivity index (χ3v) is 3.96. The van der Waals surface area contributed by atoms with E-state index in [4.69, 9.17) is 5.11 Å². The van der Waals surface area contributed by atoms with Crippen LogP contribution in [0.15, 0.2) is 36.5 Å². The number of aliphatic hydroxyl groups is 1. The van der Waals surface area contributed by atoms with Crippen molar-refractivity contribution in [3.63, 3.8) is 0 Å². The SMILES string of the molecule is C=CCN(CC=C)S(=O)(=O)c1[nH]ncc1CO. The molecule has 1 rings (SSSR count). The molecule has 0 aliphatic heterocycles. The highest BCUT2D eigenvalue weighted by atomic mass is 32.2. The van der Waals surface area contributed by atoms with Gasteiger partial charge in [-0.1, -0.05) is 12.2 Å². The van der Waals surface area contributed by atoms with Gasteiger partial charge in [-0.2, -0.15) is 9.40 Å². The zero-order chi connectivity index (χ0) is 12.9. The van der Waals surface area contributed by atoms with Crippen molar-refractivity contribution in [2.45, 2.75) is 11.6 Å². The minimum Gasteiger partial charge on any atom is -0.392 e. The van der Waals surface area contributed by atoms with Gasteiger partial charge in [-0.25, -0.2) is 8.42 Å². The Morgan fingerprint density at radius 2 is 2.00 bits per heavy atom. The number of hydrogen-bond donors (Lipinski definition) is 2. The Labute approximate surface area is 100 Å². The van der Waals surface area contributed by atoms with Crippen LogP contribution in [0, 0.1) is 0 Å². The molecule has 1 aromatic rings. The van der Waals surface area contributed by atoms with Gasteiger partial charge in [0.2, 0.25) is 0 Å². The molecule has 0 fully saturated rings. The maximum atomic E-state index is 12.2. The number of aromatic amines is 1. The van der Waals surface area contributed by atoms with Crippen LogP contribution in [-0.2, 0) is 16.6 Å². The minimum atomic E-state index is -3.71. The number of rotatable bonds is 7. The van der Waals surface area contributed by atoms with Crippen LogP contribution in [0.25, 0.3) is 0 Å². The molecule has 6 nitrogen and oxygen atoms in total. The Kier molecular flexibility index (Phi) is 4.62. The normalized spacial score (nSPS) is 11.6. The highest BCUT2D eigenvalue weighted by Crippen LogP contribution is 2.17. The van der Waals surface area contributed by atoms with E-state index >= 15 is 0 Å². The number of H-pyrrole nitrogens is 1. The van der Waals surface area contributed by atoms with Crippen LogP contribution in [0.3, 0.4) is 0 Å². The number of nitrogens with one attached hydrogen (secondary N) is 1. The molecule has 0 atom stereocenters. The Morgan fingerprint density at radius 3 is 2.47 bits per heavy atom. The van der Waals surface area contributed by atoms with Gasteiger partial charge < -0.3 is 5.11 Å². The maximum Gasteiger partial charge on any atom is 0.260 e. The molecule has 0 aromatic carbocycles. The van der Waals surface area contributed by atoms with Crippen molar-refractivity contribution >= 4 is 10.0 Å². The molecule has 0 unspecified atom stereocenters. The number of hydrogen-bond acceptors (Lipinski definition) is 4. The fourth-order valence-electron chi connectivity index (χ4n) is 1.32. The van der Waals surface area contributed by atoms with E-state index in [9.17, 15) is 8.42 Å². The number of aromatic nitrogens is 2. The highest BCUT2D eigenvalue weighted by molar-refractivity contribution is 7.89. The van der Waals surface area contributed by atoms with Crippen LogP contribution in [0.2, 0.25) is 0 Å². The van der Waals surface area contributed by atoms with Crippen molar-refractivity contribution < 1.29 is 13.5 Å². The first kappa shape index (κ1) is 13.6. The maximum absolute atomic E-state index is 12.2. The summed E-state index contributed by atoms with van der Waals surface area (Å²) in [6.07, 6.45) is 4.25. The summed E-state index contributed by atoms with van der Waals surface area (Å²) >= 11 is 0. The number of sulfonamides is 1. The number of aliphatic hydroxyl groups excluding tert-OH is 1. The molecule has 1 aromatic heterocycles. The van der Waals surface area contributed by atoms with Gasteiger partial charge in [0.05, 0.1) is 12.8 Å². The molecule has 0 spiro atoms. The van der Waals surface area contributed by atoms with Crippen LogP contribution in [0.1, 0.15) is 5.56 Å². The summed E-state index contributed by atoms with van der Waals surface area (Å²) in [5.74, 6) is 0. The molecule has 94 valence electrons. The lowest BCUT2D eigenvalue weighted by Crippen LogP contribution is -2.32. The first-order valence-corrected chi connectivity index (χ1v) is 6.37. The van der Waals surface area contributed by atoms with Crippen molar-refractivity contribution in [1.29, 1.82) is 0 Å². The topological polar surface area (TPSA) is 86.3 Å². The molecule has 17 heavy (non-hydrogen) atoms. The van der Waals surface area contributed by atoms with Crippen LogP contribution in [0.5, 0.6) is 0 Å². The predicted octanol–water partition coefficient (Wildman–Crippen LogP) is 0.265. The lowest BCUT2D eigenvalue weighted by Gasteiger charge is -2.18. The minimum absolute atomic E-state index is 0.0938. The molecule has 0 aliphatic carbocycles. The molecular formula is C10H15N3O3S. The smallest absolute Gasteiger partial charge is 0.260 e. The lowest BCUT2D eigenvalue weighted by molar-refractivity contribution is 0.278. The first-order valence-electron chi connectivity index (χ1n) is 4.93. The Balaban J connectivity index is 3.15. The second kappa shape index (κ2) is 5.76. The number of nitrogens with zero attached hydrogens (tertiary/aromatic N) is 2. The third kappa shape index (κ3) is 2.82. The van der Waals surface area contributed by atoms with Gasteiger partial charge in [-0.05, 0) is 0 Å². The largest absolute Gasteiger partial charge is 0.392 e. The van der Waals surface area contributed by atoms with Gasteiger partial charge in [0, 0.05) is 18.7 Å². The fraction of sp³-hybridized carbons (Fsp3) is 0.300. The second-order valence-electron chi connectivity index (χ2n) is 3.28. The van der Waals surface area contributed by atoms with Gasteiger partial charge in [-0.3, -0.25) is 5.10 Å². The van der Waals surface area contributed by atoms with Crippen LogP contribution in [0.4, 0.5) is 0 Å². The van der Waals surface area contributed by atoms with Crippen LogP contribution >= 0.6 is 0 Å². The second-order valence-corrected chi connectivity index (χ2v) is 5.16. The molecular weight excluding hydrogens is 242 g/mol. The predicted molar refractivity (Wildman–Crippen MR) is 63.7 cm³/mol. The third-order valence-electron chi connectivity index (χ3n) is 2.11. The van der Waals surface area contributed by atoms with E-state index in [0.29, 0.717) is 0 Å². The molecule has 0 radical (unpaired) electrons. The Morgan fingerprint density at radius 1 is 1.41 bits per heavy atom. The van der Waals surface area contributed by atoms with E-state index < -0.39 is 10.0 Å². The van der Waals surface area contributed by atoms with E-state index in [1.54, 1.807) is 0 Å². The molecule has 1 heterocycles. The zero-order valence-corrected chi connectivity index (χ0v) is 10.2. The van der Waals surface area contributed by atoms with Crippen LogP contribution in [-0.4, -0.2) is 41.1 Å². The molecule has 0 saturated heterocycles. The summed E-state index contributed by atoms with van der Waals surface area (Å²) in [6, 6.07) is 0. The van der Waals surface area contributed by atoms with Crippen molar-refractivity contribution in [3.05, 3.63) is 37.1 Å². The van der Waals surface area contributed by atoms with Crippen molar-refractivity contribution in [2.75, 3.05) is 13.1 Å². The summed E-state index contributed by atoms with van der Waals surface area (Å²) in [7, 11) is -3.71. The summed E-state index contributed by atoms with van der Waals surface area (Å²) in [5.41, 5.74) is 0.239. The van der Waals surface area contributed by atoms with E-state index in [-0.39, 0.29) is 30.3 Å². The van der Waals surface area contributed by atoms with E-state index in [0.717, 1.165) is 0 Å². The van der Waals surface area contributed by atoms with Crippen LogP contribution < -0.4 is 0 Å². The Bertz CT molecular complexity index is 483. The zero-order valence-electron chi connectivity index (χ0n) is 9.33. The van der Waals surface area contributed by atoms with Gasteiger partial charge in [-0.15, -0.1) is 13.2 Å². The fourth-order valence-corrected chi connectivity index (χ4v) is 2.80. The molecule has 2 N–H and O–H groups in total. The van der Waals surface area contributed by atoms with Crippen molar-refractivity contribution in [1.82, 2.24) is 14.5 Å². The van der Waals surface area contributed by atoms with Gasteiger partial charge in [0.15, 0.2) is 5.03 Å². The quantitative estimate of drug-likeness (QED) is 0.686.